The fraction of sp³-hybridized carbons (Fsp3) is 0.467. The van der Waals surface area contributed by atoms with Crippen LogP contribution in [0.5, 0.6) is 0 Å². The van der Waals surface area contributed by atoms with E-state index in [1.165, 1.54) is 4.90 Å². The molecule has 2 saturated heterocycles. The lowest BCUT2D eigenvalue weighted by Gasteiger charge is -2.53. The van der Waals surface area contributed by atoms with Gasteiger partial charge in [-0.15, -0.1) is 0 Å². The third-order valence-corrected chi connectivity index (χ3v) is 4.92. The summed E-state index contributed by atoms with van der Waals surface area (Å²) in [6.07, 6.45) is 1.17. The van der Waals surface area contributed by atoms with Crippen LogP contribution in [0.25, 0.3) is 11.1 Å². The van der Waals surface area contributed by atoms with Gasteiger partial charge in [0.25, 0.3) is 0 Å². The van der Waals surface area contributed by atoms with E-state index in [1.807, 2.05) is 18.2 Å². The summed E-state index contributed by atoms with van der Waals surface area (Å²) >= 11 is 0. The van der Waals surface area contributed by atoms with Gasteiger partial charge in [-0.25, -0.2) is 9.59 Å². The average Bonchev–Trinajstić information content (AvgIpc) is 2.83. The SMILES string of the molecule is O=C(O)N1CC2(CCN(c3ccc4[nH]c(=O)oc4c3)CC2)C1. The summed E-state index contributed by atoms with van der Waals surface area (Å²) < 4.78 is 5.10. The van der Waals surface area contributed by atoms with E-state index in [4.69, 9.17) is 9.52 Å². The van der Waals surface area contributed by atoms with Crippen molar-refractivity contribution >= 4 is 22.9 Å². The highest BCUT2D eigenvalue weighted by Crippen LogP contribution is 2.41. The Morgan fingerprint density at radius 3 is 2.68 bits per heavy atom. The van der Waals surface area contributed by atoms with Gasteiger partial charge in [-0.05, 0) is 25.0 Å². The van der Waals surface area contributed by atoms with Crippen molar-refractivity contribution in [3.63, 3.8) is 0 Å². The Morgan fingerprint density at radius 2 is 2.00 bits per heavy atom. The second-order valence-corrected chi connectivity index (χ2v) is 6.32. The number of likely N-dealkylation sites (tertiary alicyclic amines) is 1. The van der Waals surface area contributed by atoms with Gasteiger partial charge in [0.15, 0.2) is 5.58 Å². The second kappa shape index (κ2) is 4.53. The van der Waals surface area contributed by atoms with Gasteiger partial charge in [0.2, 0.25) is 0 Å². The average molecular weight is 303 g/mol. The number of anilines is 1. The van der Waals surface area contributed by atoms with Crippen molar-refractivity contribution in [2.24, 2.45) is 5.41 Å². The number of hydrogen-bond acceptors (Lipinski definition) is 4. The lowest BCUT2D eigenvalue weighted by molar-refractivity contribution is -0.00635. The number of oxazole rings is 1. The van der Waals surface area contributed by atoms with Crippen molar-refractivity contribution in [2.75, 3.05) is 31.1 Å². The summed E-state index contributed by atoms with van der Waals surface area (Å²) in [5.41, 5.74) is 2.49. The molecule has 2 N–H and O–H groups in total. The molecule has 1 aromatic carbocycles. The lowest BCUT2D eigenvalue weighted by Crippen LogP contribution is -2.61. The molecule has 4 rings (SSSR count). The van der Waals surface area contributed by atoms with E-state index in [1.54, 1.807) is 0 Å². The Labute approximate surface area is 126 Å². The topological polar surface area (TPSA) is 89.8 Å². The van der Waals surface area contributed by atoms with Crippen LogP contribution < -0.4 is 10.7 Å². The van der Waals surface area contributed by atoms with E-state index in [0.29, 0.717) is 24.2 Å². The molecule has 0 atom stereocenters. The lowest BCUT2D eigenvalue weighted by atomic mass is 9.72. The molecule has 1 spiro atoms. The molecule has 0 saturated carbocycles. The van der Waals surface area contributed by atoms with Crippen LogP contribution in [0.4, 0.5) is 10.5 Å². The highest BCUT2D eigenvalue weighted by molar-refractivity contribution is 5.77. The van der Waals surface area contributed by atoms with Gasteiger partial charge in [0.05, 0.1) is 5.52 Å². The van der Waals surface area contributed by atoms with Gasteiger partial charge in [0, 0.05) is 43.3 Å². The molecule has 0 aliphatic carbocycles. The minimum Gasteiger partial charge on any atom is -0.465 e. The van der Waals surface area contributed by atoms with Gasteiger partial charge in [0.1, 0.15) is 0 Å². The molecule has 2 aliphatic heterocycles. The molecule has 0 radical (unpaired) electrons. The Balaban J connectivity index is 1.46. The summed E-state index contributed by atoms with van der Waals surface area (Å²) in [7, 11) is 0. The summed E-state index contributed by atoms with van der Waals surface area (Å²) in [6.45, 7) is 3.10. The van der Waals surface area contributed by atoms with Gasteiger partial charge in [-0.3, -0.25) is 4.98 Å². The summed E-state index contributed by atoms with van der Waals surface area (Å²) in [6, 6.07) is 5.72. The Bertz CT molecular complexity index is 777. The van der Waals surface area contributed by atoms with E-state index < -0.39 is 11.8 Å². The number of aromatic nitrogens is 1. The van der Waals surface area contributed by atoms with Crippen LogP contribution in [0.1, 0.15) is 12.8 Å². The molecule has 116 valence electrons. The molecule has 1 amide bonds. The van der Waals surface area contributed by atoms with Crippen LogP contribution in [0.2, 0.25) is 0 Å². The van der Waals surface area contributed by atoms with Crippen molar-refractivity contribution in [2.45, 2.75) is 12.8 Å². The van der Waals surface area contributed by atoms with Gasteiger partial charge in [-0.1, -0.05) is 0 Å². The van der Waals surface area contributed by atoms with E-state index in [2.05, 4.69) is 9.88 Å². The zero-order valence-corrected chi connectivity index (χ0v) is 12.0. The fourth-order valence-corrected chi connectivity index (χ4v) is 3.58. The first-order chi connectivity index (χ1) is 10.5. The largest absolute Gasteiger partial charge is 0.465 e. The van der Waals surface area contributed by atoms with Crippen LogP contribution in [0.15, 0.2) is 27.4 Å². The monoisotopic (exact) mass is 303 g/mol. The van der Waals surface area contributed by atoms with E-state index in [-0.39, 0.29) is 5.41 Å². The first-order valence-corrected chi connectivity index (χ1v) is 7.40. The molecular weight excluding hydrogens is 286 g/mol. The van der Waals surface area contributed by atoms with Gasteiger partial charge in [-0.2, -0.15) is 0 Å². The molecule has 0 bridgehead atoms. The normalized spacial score (nSPS) is 20.4. The van der Waals surface area contributed by atoms with Gasteiger partial charge >= 0.3 is 11.8 Å². The van der Waals surface area contributed by atoms with E-state index in [9.17, 15) is 9.59 Å². The number of carboxylic acid groups (broad SMARTS) is 1. The molecule has 22 heavy (non-hydrogen) atoms. The maximum absolute atomic E-state index is 11.2. The molecule has 3 heterocycles. The number of amides is 1. The molecule has 2 aliphatic rings. The molecule has 1 aromatic heterocycles. The van der Waals surface area contributed by atoms with Crippen molar-refractivity contribution in [1.82, 2.24) is 9.88 Å². The van der Waals surface area contributed by atoms with Crippen LogP contribution in [-0.2, 0) is 0 Å². The molecule has 2 fully saturated rings. The van der Waals surface area contributed by atoms with E-state index in [0.717, 1.165) is 31.6 Å². The minimum atomic E-state index is -0.819. The number of benzene rings is 1. The number of H-pyrrole nitrogens is 1. The first-order valence-electron chi connectivity index (χ1n) is 7.40. The predicted molar refractivity (Wildman–Crippen MR) is 80.3 cm³/mol. The smallest absolute Gasteiger partial charge is 0.417 e. The predicted octanol–water partition coefficient (Wildman–Crippen LogP) is 1.70. The van der Waals surface area contributed by atoms with Crippen molar-refractivity contribution in [1.29, 1.82) is 0 Å². The summed E-state index contributed by atoms with van der Waals surface area (Å²) in [5, 5.41) is 8.96. The zero-order valence-electron chi connectivity index (χ0n) is 12.0. The molecule has 0 unspecified atom stereocenters. The van der Waals surface area contributed by atoms with E-state index >= 15 is 0 Å². The van der Waals surface area contributed by atoms with Crippen LogP contribution in [-0.4, -0.2) is 47.3 Å². The number of piperidine rings is 1. The first kappa shape index (κ1) is 13.2. The third kappa shape index (κ3) is 2.04. The number of carbonyl (C=O) groups is 1. The summed E-state index contributed by atoms with van der Waals surface area (Å²) in [5.74, 6) is -0.437. The molecule has 7 heteroatoms. The number of rotatable bonds is 1. The Kier molecular flexibility index (Phi) is 2.72. The molecular formula is C15H17N3O4. The number of nitrogens with one attached hydrogen (secondary N) is 1. The van der Waals surface area contributed by atoms with Crippen LogP contribution in [0.3, 0.4) is 0 Å². The fourth-order valence-electron chi connectivity index (χ4n) is 3.58. The number of hydrogen-bond donors (Lipinski definition) is 2. The number of aromatic amines is 1. The summed E-state index contributed by atoms with van der Waals surface area (Å²) in [4.78, 5) is 28.5. The van der Waals surface area contributed by atoms with Crippen molar-refractivity contribution in [3.8, 4) is 0 Å². The zero-order chi connectivity index (χ0) is 15.3. The molecule has 2 aromatic rings. The minimum absolute atomic E-state index is 0.166. The third-order valence-electron chi connectivity index (χ3n) is 4.92. The van der Waals surface area contributed by atoms with Gasteiger partial charge < -0.3 is 19.3 Å². The van der Waals surface area contributed by atoms with Crippen LogP contribution >= 0.6 is 0 Å². The second-order valence-electron chi connectivity index (χ2n) is 6.32. The van der Waals surface area contributed by atoms with Crippen LogP contribution in [0, 0.1) is 5.41 Å². The maximum Gasteiger partial charge on any atom is 0.417 e. The number of nitrogens with zero attached hydrogens (tertiary/aromatic N) is 2. The highest BCUT2D eigenvalue weighted by Gasteiger charge is 2.46. The Hall–Kier alpha value is -2.44. The van der Waals surface area contributed by atoms with Crippen molar-refractivity contribution in [3.05, 3.63) is 28.7 Å². The standard InChI is InChI=1S/C15H17N3O4/c19-13-16-11-2-1-10(7-12(11)22-13)17-5-3-15(4-6-17)8-18(9-15)14(20)21/h1-2,7H,3-6,8-9H2,(H,16,19)(H,20,21). The maximum atomic E-state index is 11.2. The highest BCUT2D eigenvalue weighted by atomic mass is 16.4. The Morgan fingerprint density at radius 1 is 1.27 bits per heavy atom. The number of fused-ring (bicyclic) bond motifs is 1. The quantitative estimate of drug-likeness (QED) is 0.837. The van der Waals surface area contributed by atoms with Crippen molar-refractivity contribution < 1.29 is 14.3 Å². The molecule has 7 nitrogen and oxygen atoms in total.